The third-order valence-corrected chi connectivity index (χ3v) is 7.32. The zero-order valence-electron chi connectivity index (χ0n) is 27.8. The molecule has 17 N–H and O–H groups in total. The van der Waals surface area contributed by atoms with E-state index < -0.39 is 96.9 Å². The number of carbonyl (C=O) groups is 8. The Morgan fingerprint density at radius 2 is 1.31 bits per heavy atom. The number of aromatic amines is 1. The quantitative estimate of drug-likeness (QED) is 0.0328. The average molecular weight is 717 g/mol. The number of amides is 7. The highest BCUT2D eigenvalue weighted by molar-refractivity contribution is 5.98. The topological polar surface area (TPSA) is 375 Å². The van der Waals surface area contributed by atoms with Crippen LogP contribution in [0.5, 0.6) is 0 Å². The van der Waals surface area contributed by atoms with E-state index in [4.69, 9.17) is 28.7 Å². The largest absolute Gasteiger partial charge is 0.480 e. The molecule has 21 heteroatoms. The van der Waals surface area contributed by atoms with Crippen molar-refractivity contribution in [3.05, 3.63) is 36.0 Å². The van der Waals surface area contributed by atoms with Crippen LogP contribution in [0, 0.1) is 0 Å². The molecule has 5 atom stereocenters. The number of nitrogens with two attached hydrogens (primary N) is 5. The van der Waals surface area contributed by atoms with E-state index in [-0.39, 0.29) is 31.8 Å². The third kappa shape index (κ3) is 13.6. The summed E-state index contributed by atoms with van der Waals surface area (Å²) in [7, 11) is 0. The van der Waals surface area contributed by atoms with Crippen LogP contribution in [0.1, 0.15) is 38.2 Å². The Morgan fingerprint density at radius 3 is 1.88 bits per heavy atom. The molecule has 7 amide bonds. The number of nitrogens with one attached hydrogen (secondary N) is 6. The molecule has 278 valence electrons. The smallest absolute Gasteiger partial charge is 0.326 e. The van der Waals surface area contributed by atoms with E-state index >= 15 is 0 Å². The number of carboxylic acids is 1. The second-order valence-electron chi connectivity index (χ2n) is 11.4. The number of hydrogen-bond acceptors (Lipinski definition) is 10. The second kappa shape index (κ2) is 19.7. The number of nitrogens with zero attached hydrogens (tertiary/aromatic N) is 1. The molecule has 0 unspecified atom stereocenters. The summed E-state index contributed by atoms with van der Waals surface area (Å²) in [4.78, 5) is 107. The maximum atomic E-state index is 13.6. The number of H-pyrrole nitrogens is 1. The zero-order valence-corrected chi connectivity index (χ0v) is 27.8. The lowest BCUT2D eigenvalue weighted by Gasteiger charge is -2.25. The van der Waals surface area contributed by atoms with Gasteiger partial charge in [0.15, 0.2) is 5.96 Å². The Hall–Kier alpha value is -6.25. The molecule has 2 rings (SSSR count). The summed E-state index contributed by atoms with van der Waals surface area (Å²) in [6.45, 7) is 0.828. The van der Waals surface area contributed by atoms with Crippen LogP contribution in [0.15, 0.2) is 35.5 Å². The Labute approximate surface area is 291 Å². The van der Waals surface area contributed by atoms with Crippen LogP contribution in [0.4, 0.5) is 0 Å². The summed E-state index contributed by atoms with van der Waals surface area (Å²) in [6.07, 6.45) is 0.234. The van der Waals surface area contributed by atoms with Crippen LogP contribution in [0.25, 0.3) is 10.9 Å². The monoisotopic (exact) mass is 716 g/mol. The summed E-state index contributed by atoms with van der Waals surface area (Å²) in [5.74, 6) is -8.14. The molecule has 0 saturated heterocycles. The first-order valence-corrected chi connectivity index (χ1v) is 15.6. The van der Waals surface area contributed by atoms with Crippen molar-refractivity contribution in [3.8, 4) is 0 Å². The van der Waals surface area contributed by atoms with Gasteiger partial charge < -0.3 is 65.3 Å². The molecule has 0 spiro atoms. The van der Waals surface area contributed by atoms with Gasteiger partial charge in [-0.2, -0.15) is 0 Å². The predicted octanol–water partition coefficient (Wildman–Crippen LogP) is -5.00. The molecular formula is C30H44N12O9. The van der Waals surface area contributed by atoms with Crippen LogP contribution in [0.3, 0.4) is 0 Å². The first kappa shape index (κ1) is 40.9. The summed E-state index contributed by atoms with van der Waals surface area (Å²) >= 11 is 0. The van der Waals surface area contributed by atoms with Gasteiger partial charge in [0.05, 0.1) is 19.4 Å². The molecular weight excluding hydrogens is 672 g/mol. The van der Waals surface area contributed by atoms with Crippen molar-refractivity contribution in [2.45, 2.75) is 69.2 Å². The summed E-state index contributed by atoms with van der Waals surface area (Å²) < 4.78 is 0. The molecule has 0 aliphatic carbocycles. The van der Waals surface area contributed by atoms with Crippen molar-refractivity contribution >= 4 is 64.2 Å². The Kier molecular flexibility index (Phi) is 15.8. The lowest BCUT2D eigenvalue weighted by molar-refractivity contribution is -0.142. The standard InChI is InChI=1S/C30H44N12O9/c1-14(25(46)41-21(11-23(33)44)28(49)40-18(29(50)51)7-4-8-36-30(34)35)38-26(47)19(9-15-13-37-17-6-3-2-5-16(15)17)42-27(48)20(10-22(32)43)39-24(45)12-31/h2-3,5-6,13-14,18-21,37H,4,7-12,31H2,1H3,(H2,32,43)(H2,33,44)(H,38,47)(H,39,45)(H,40,49)(H,41,46)(H,42,48)(H,50,51)(H4,34,35,36)/t14-,18-,19-,20-,21-/m0/s1. The minimum atomic E-state index is -1.63. The van der Waals surface area contributed by atoms with Crippen molar-refractivity contribution in [1.82, 2.24) is 31.6 Å². The Morgan fingerprint density at radius 1 is 0.765 bits per heavy atom. The van der Waals surface area contributed by atoms with E-state index in [0.29, 0.717) is 5.56 Å². The van der Waals surface area contributed by atoms with E-state index in [1.807, 2.05) is 0 Å². The molecule has 0 fully saturated rings. The minimum Gasteiger partial charge on any atom is -0.480 e. The average Bonchev–Trinajstić information content (AvgIpc) is 3.46. The number of guanidine groups is 1. The number of aliphatic carboxylic acids is 1. The van der Waals surface area contributed by atoms with E-state index in [1.165, 1.54) is 6.92 Å². The van der Waals surface area contributed by atoms with Crippen molar-refractivity contribution in [1.29, 1.82) is 0 Å². The zero-order chi connectivity index (χ0) is 38.2. The number of para-hydroxylation sites is 1. The molecule has 1 aromatic carbocycles. The van der Waals surface area contributed by atoms with Crippen molar-refractivity contribution in [3.63, 3.8) is 0 Å². The van der Waals surface area contributed by atoms with Gasteiger partial charge >= 0.3 is 5.97 Å². The SMILES string of the molecule is C[C@H](NC(=O)[C@H](Cc1c[nH]c2ccccc12)NC(=O)[C@H](CC(N)=O)NC(=O)CN)C(=O)N[C@@H](CC(N)=O)C(=O)N[C@@H](CCCN=C(N)N)C(=O)O. The van der Waals surface area contributed by atoms with Crippen LogP contribution in [-0.2, 0) is 44.8 Å². The van der Waals surface area contributed by atoms with Crippen LogP contribution in [0.2, 0.25) is 0 Å². The fourth-order valence-corrected chi connectivity index (χ4v) is 4.79. The van der Waals surface area contributed by atoms with Gasteiger partial charge in [-0.05, 0) is 31.4 Å². The van der Waals surface area contributed by atoms with Crippen molar-refractivity contribution in [2.24, 2.45) is 33.7 Å². The molecule has 2 aromatic rings. The van der Waals surface area contributed by atoms with Gasteiger partial charge in [0, 0.05) is 30.1 Å². The first-order valence-electron chi connectivity index (χ1n) is 15.6. The van der Waals surface area contributed by atoms with Crippen LogP contribution in [-0.4, -0.2) is 107 Å². The number of fused-ring (bicyclic) bond motifs is 1. The summed E-state index contributed by atoms with van der Waals surface area (Å²) in [5, 5.41) is 22.0. The minimum absolute atomic E-state index is 0.0799. The molecule has 21 nitrogen and oxygen atoms in total. The lowest BCUT2D eigenvalue weighted by Crippen LogP contribution is -2.59. The summed E-state index contributed by atoms with van der Waals surface area (Å²) in [6, 6.07) is -0.224. The number of carbonyl (C=O) groups excluding carboxylic acids is 7. The number of aliphatic imine (C=N–C) groups is 1. The number of hydrogen-bond donors (Lipinski definition) is 12. The van der Waals surface area contributed by atoms with Gasteiger partial charge in [-0.15, -0.1) is 0 Å². The van der Waals surface area contributed by atoms with Gasteiger partial charge in [-0.25, -0.2) is 4.79 Å². The van der Waals surface area contributed by atoms with E-state index in [2.05, 4.69) is 36.6 Å². The fourth-order valence-electron chi connectivity index (χ4n) is 4.79. The van der Waals surface area contributed by atoms with Crippen LogP contribution < -0.4 is 55.3 Å². The Balaban J connectivity index is 2.25. The molecule has 1 heterocycles. The highest BCUT2D eigenvalue weighted by Crippen LogP contribution is 2.19. The summed E-state index contributed by atoms with van der Waals surface area (Å²) in [5.41, 5.74) is 27.7. The molecule has 51 heavy (non-hydrogen) atoms. The van der Waals surface area contributed by atoms with Crippen molar-refractivity contribution in [2.75, 3.05) is 13.1 Å². The van der Waals surface area contributed by atoms with Gasteiger partial charge in [-0.1, -0.05) is 18.2 Å². The van der Waals surface area contributed by atoms with Crippen molar-refractivity contribution < 1.29 is 43.5 Å². The van der Waals surface area contributed by atoms with Crippen LogP contribution >= 0.6 is 0 Å². The molecule has 0 saturated carbocycles. The highest BCUT2D eigenvalue weighted by atomic mass is 16.4. The predicted molar refractivity (Wildman–Crippen MR) is 182 cm³/mol. The molecule has 1 aromatic heterocycles. The molecule has 0 bridgehead atoms. The van der Waals surface area contributed by atoms with Gasteiger partial charge in [-0.3, -0.25) is 38.6 Å². The maximum Gasteiger partial charge on any atom is 0.326 e. The maximum absolute atomic E-state index is 13.6. The number of benzene rings is 1. The number of rotatable bonds is 21. The number of primary amides is 2. The second-order valence-corrected chi connectivity index (χ2v) is 11.4. The normalized spacial score (nSPS) is 13.7. The van der Waals surface area contributed by atoms with Gasteiger partial charge in [0.2, 0.25) is 41.4 Å². The Bertz CT molecular complexity index is 1640. The number of aromatic nitrogens is 1. The number of carboxylic acid groups (broad SMARTS) is 1. The highest BCUT2D eigenvalue weighted by Gasteiger charge is 2.32. The van der Waals surface area contributed by atoms with E-state index in [1.54, 1.807) is 30.5 Å². The van der Waals surface area contributed by atoms with Gasteiger partial charge in [0.1, 0.15) is 30.2 Å². The molecule has 0 aliphatic heterocycles. The van der Waals surface area contributed by atoms with E-state index in [0.717, 1.165) is 10.9 Å². The first-order chi connectivity index (χ1) is 24.0. The lowest BCUT2D eigenvalue weighted by atomic mass is 10.0. The fraction of sp³-hybridized carbons (Fsp3) is 0.433. The molecule has 0 radical (unpaired) electrons. The van der Waals surface area contributed by atoms with Gasteiger partial charge in [0.25, 0.3) is 0 Å². The molecule has 0 aliphatic rings. The van der Waals surface area contributed by atoms with E-state index in [9.17, 15) is 43.5 Å². The third-order valence-electron chi connectivity index (χ3n) is 7.32.